The zero-order chi connectivity index (χ0) is 16.3. The van der Waals surface area contributed by atoms with Crippen LogP contribution < -0.4 is 0 Å². The van der Waals surface area contributed by atoms with Crippen molar-refractivity contribution >= 4 is 5.97 Å². The quantitative estimate of drug-likeness (QED) is 0.616. The van der Waals surface area contributed by atoms with Crippen LogP contribution in [0.3, 0.4) is 0 Å². The van der Waals surface area contributed by atoms with E-state index in [1.807, 2.05) is 0 Å². The summed E-state index contributed by atoms with van der Waals surface area (Å²) in [5.41, 5.74) is -0.205. The minimum absolute atomic E-state index is 0.0424. The third kappa shape index (κ3) is 6.11. The van der Waals surface area contributed by atoms with E-state index in [1.165, 1.54) is 4.68 Å². The highest BCUT2D eigenvalue weighted by molar-refractivity contribution is 5.88. The summed E-state index contributed by atoms with van der Waals surface area (Å²) in [6.45, 7) is 5.30. The molecule has 0 bridgehead atoms. The fraction of sp³-hybridized carbons (Fsp3) is 0.750. The minimum atomic E-state index is -4.36. The molecule has 0 aliphatic carbocycles. The molecule has 0 fully saturated rings. The lowest BCUT2D eigenvalue weighted by Crippen LogP contribution is -2.24. The third-order valence-corrected chi connectivity index (χ3v) is 2.29. The lowest BCUT2D eigenvalue weighted by Gasteiger charge is -2.18. The zero-order valence-corrected chi connectivity index (χ0v) is 12.3. The van der Waals surface area contributed by atoms with Crippen LogP contribution in [0.4, 0.5) is 13.2 Å². The number of hydrogen-bond donors (Lipinski definition) is 0. The van der Waals surface area contributed by atoms with Crippen molar-refractivity contribution in [3.63, 3.8) is 0 Å². The molecule has 0 spiro atoms. The van der Waals surface area contributed by atoms with Crippen molar-refractivity contribution in [3.8, 4) is 0 Å². The van der Waals surface area contributed by atoms with E-state index in [0.717, 1.165) is 0 Å². The highest BCUT2D eigenvalue weighted by atomic mass is 19.4. The predicted molar refractivity (Wildman–Crippen MR) is 66.8 cm³/mol. The molecule has 0 atom stereocenters. The molecule has 0 saturated carbocycles. The Morgan fingerprint density at radius 3 is 2.43 bits per heavy atom. The van der Waals surface area contributed by atoms with Crippen molar-refractivity contribution in [3.05, 3.63) is 11.4 Å². The Morgan fingerprint density at radius 1 is 1.29 bits per heavy atom. The van der Waals surface area contributed by atoms with Gasteiger partial charge in [0, 0.05) is 0 Å². The number of ether oxygens (including phenoxy) is 2. The molecule has 6 nitrogen and oxygen atoms in total. The van der Waals surface area contributed by atoms with Crippen molar-refractivity contribution in [2.75, 3.05) is 13.2 Å². The molecule has 0 aliphatic heterocycles. The molecule has 1 rings (SSSR count). The van der Waals surface area contributed by atoms with Crippen molar-refractivity contribution in [1.29, 1.82) is 0 Å². The van der Waals surface area contributed by atoms with Crippen LogP contribution in [0.25, 0.3) is 0 Å². The first kappa shape index (κ1) is 17.4. The van der Waals surface area contributed by atoms with Gasteiger partial charge in [-0.25, -0.2) is 9.48 Å². The standard InChI is InChI=1S/C12H18F3N3O3/c1-8-9(10(19)21-11(2,3)4)16-17-18(8)5-6-20-7-12(13,14)15/h5-7H2,1-4H3. The first-order chi connectivity index (χ1) is 9.49. The molecule has 0 saturated heterocycles. The smallest absolute Gasteiger partial charge is 0.411 e. The number of rotatable bonds is 5. The van der Waals surface area contributed by atoms with E-state index >= 15 is 0 Å². The van der Waals surface area contributed by atoms with Gasteiger partial charge in [0.1, 0.15) is 12.2 Å². The molecule has 1 heterocycles. The molecule has 0 N–H and O–H groups in total. The van der Waals surface area contributed by atoms with Gasteiger partial charge in [-0.1, -0.05) is 5.21 Å². The monoisotopic (exact) mass is 309 g/mol. The molecule has 0 radical (unpaired) electrons. The molecule has 120 valence electrons. The fourth-order valence-electron chi connectivity index (χ4n) is 1.43. The van der Waals surface area contributed by atoms with E-state index in [2.05, 4.69) is 15.0 Å². The van der Waals surface area contributed by atoms with E-state index < -0.39 is 24.4 Å². The normalized spacial score (nSPS) is 12.5. The number of esters is 1. The summed E-state index contributed by atoms with van der Waals surface area (Å²) in [7, 11) is 0. The van der Waals surface area contributed by atoms with Crippen LogP contribution in [-0.4, -0.2) is 46.0 Å². The van der Waals surface area contributed by atoms with Gasteiger partial charge in [0.25, 0.3) is 0 Å². The van der Waals surface area contributed by atoms with Gasteiger partial charge < -0.3 is 9.47 Å². The average molecular weight is 309 g/mol. The largest absolute Gasteiger partial charge is 0.455 e. The lowest BCUT2D eigenvalue weighted by molar-refractivity contribution is -0.174. The van der Waals surface area contributed by atoms with Crippen molar-refractivity contribution in [1.82, 2.24) is 15.0 Å². The Bertz CT molecular complexity index is 492. The highest BCUT2D eigenvalue weighted by Gasteiger charge is 2.27. The number of carbonyl (C=O) groups is 1. The second-order valence-corrected chi connectivity index (χ2v) is 5.42. The van der Waals surface area contributed by atoms with E-state index in [9.17, 15) is 18.0 Å². The number of hydrogen-bond acceptors (Lipinski definition) is 5. The Morgan fingerprint density at radius 2 is 1.90 bits per heavy atom. The SMILES string of the molecule is Cc1c(C(=O)OC(C)(C)C)nnn1CCOCC(F)(F)F. The Kier molecular flexibility index (Phi) is 5.32. The molecule has 0 aliphatic rings. The topological polar surface area (TPSA) is 66.2 Å². The van der Waals surface area contributed by atoms with Crippen molar-refractivity contribution in [2.24, 2.45) is 0 Å². The van der Waals surface area contributed by atoms with E-state index in [0.29, 0.717) is 5.69 Å². The van der Waals surface area contributed by atoms with Crippen LogP contribution in [0, 0.1) is 6.92 Å². The van der Waals surface area contributed by atoms with E-state index in [4.69, 9.17) is 4.74 Å². The van der Waals surface area contributed by atoms with E-state index in [1.54, 1.807) is 27.7 Å². The van der Waals surface area contributed by atoms with Crippen LogP contribution in [0.2, 0.25) is 0 Å². The molecule has 0 aromatic carbocycles. The second kappa shape index (κ2) is 6.42. The molecule has 0 amide bonds. The van der Waals surface area contributed by atoms with Gasteiger partial charge in [0.2, 0.25) is 0 Å². The maximum Gasteiger partial charge on any atom is 0.411 e. The average Bonchev–Trinajstić information content (AvgIpc) is 2.63. The van der Waals surface area contributed by atoms with Crippen LogP contribution in [0.15, 0.2) is 0 Å². The first-order valence-corrected chi connectivity index (χ1v) is 6.27. The predicted octanol–water partition coefficient (Wildman–Crippen LogP) is 2.12. The molecule has 21 heavy (non-hydrogen) atoms. The zero-order valence-electron chi connectivity index (χ0n) is 12.3. The van der Waals surface area contributed by atoms with Gasteiger partial charge >= 0.3 is 12.1 Å². The highest BCUT2D eigenvalue weighted by Crippen LogP contribution is 2.15. The fourth-order valence-corrected chi connectivity index (χ4v) is 1.43. The third-order valence-electron chi connectivity index (χ3n) is 2.29. The number of halogens is 3. The summed E-state index contributed by atoms with van der Waals surface area (Å²) < 4.78 is 46.7. The number of aromatic nitrogens is 3. The number of nitrogens with zero attached hydrogens (tertiary/aromatic N) is 3. The summed E-state index contributed by atoms with van der Waals surface area (Å²) in [6, 6.07) is 0. The van der Waals surface area contributed by atoms with Crippen LogP contribution in [0.5, 0.6) is 0 Å². The van der Waals surface area contributed by atoms with Gasteiger partial charge in [0.15, 0.2) is 5.69 Å². The molecule has 9 heteroatoms. The summed E-state index contributed by atoms with van der Waals surface area (Å²) in [4.78, 5) is 11.8. The molecule has 1 aromatic heterocycles. The van der Waals surface area contributed by atoms with Gasteiger partial charge in [-0.3, -0.25) is 0 Å². The van der Waals surface area contributed by atoms with Gasteiger partial charge in [0.05, 0.1) is 18.8 Å². The van der Waals surface area contributed by atoms with Crippen LogP contribution >= 0.6 is 0 Å². The maximum atomic E-state index is 11.9. The minimum Gasteiger partial charge on any atom is -0.455 e. The summed E-state index contributed by atoms with van der Waals surface area (Å²) >= 11 is 0. The van der Waals surface area contributed by atoms with Gasteiger partial charge in [-0.05, 0) is 27.7 Å². The van der Waals surface area contributed by atoms with Crippen molar-refractivity contribution < 1.29 is 27.4 Å². The second-order valence-electron chi connectivity index (χ2n) is 5.42. The molecular weight excluding hydrogens is 291 g/mol. The van der Waals surface area contributed by atoms with Crippen LogP contribution in [0.1, 0.15) is 37.0 Å². The van der Waals surface area contributed by atoms with Crippen molar-refractivity contribution in [2.45, 2.75) is 46.0 Å². The Hall–Kier alpha value is -1.64. The summed E-state index contributed by atoms with van der Waals surface area (Å²) in [5, 5.41) is 7.39. The Labute approximate surface area is 120 Å². The molecule has 0 unspecified atom stereocenters. The summed E-state index contributed by atoms with van der Waals surface area (Å²) in [5.74, 6) is -0.623. The summed E-state index contributed by atoms with van der Waals surface area (Å²) in [6.07, 6.45) is -4.36. The lowest BCUT2D eigenvalue weighted by atomic mass is 10.2. The molecular formula is C12H18F3N3O3. The number of carbonyl (C=O) groups excluding carboxylic acids is 1. The van der Waals surface area contributed by atoms with E-state index in [-0.39, 0.29) is 18.8 Å². The van der Waals surface area contributed by atoms with Gasteiger partial charge in [-0.2, -0.15) is 13.2 Å². The Balaban J connectivity index is 2.58. The number of alkyl halides is 3. The van der Waals surface area contributed by atoms with Crippen LogP contribution in [-0.2, 0) is 16.0 Å². The first-order valence-electron chi connectivity index (χ1n) is 6.27. The molecule has 1 aromatic rings. The maximum absolute atomic E-state index is 11.9. The van der Waals surface area contributed by atoms with Gasteiger partial charge in [-0.15, -0.1) is 5.10 Å².